The summed E-state index contributed by atoms with van der Waals surface area (Å²) in [6.07, 6.45) is 18.8. The maximum Gasteiger partial charge on any atom is 0.322 e. The standard InChI is InChI=1S/C27H45NO4/c1-23(2)16-14-12-10-8-6-4-3-5-7-9-11-13-15-21-32-25-19-17-24(18-20-25)27(31)28-22-26(29)30/h17-20,23H,3-16,21-22H2,1-2H3,(H,28,31)(H,29,30). The van der Waals surface area contributed by atoms with Crippen LogP contribution >= 0.6 is 0 Å². The van der Waals surface area contributed by atoms with Crippen LogP contribution in [0.5, 0.6) is 5.75 Å². The number of hydrogen-bond acceptors (Lipinski definition) is 3. The van der Waals surface area contributed by atoms with Crippen LogP contribution in [0.1, 0.15) is 114 Å². The second-order valence-corrected chi connectivity index (χ2v) is 9.23. The summed E-state index contributed by atoms with van der Waals surface area (Å²) in [7, 11) is 0. The highest BCUT2D eigenvalue weighted by atomic mass is 16.5. The normalized spacial score (nSPS) is 11.0. The van der Waals surface area contributed by atoms with Crippen molar-refractivity contribution in [2.75, 3.05) is 13.2 Å². The Bertz CT molecular complexity index is 613. The number of ether oxygens (including phenoxy) is 1. The largest absolute Gasteiger partial charge is 0.494 e. The molecule has 0 aliphatic heterocycles. The maximum atomic E-state index is 11.8. The molecule has 1 aromatic rings. The van der Waals surface area contributed by atoms with Crippen LogP contribution in [0.4, 0.5) is 0 Å². The lowest BCUT2D eigenvalue weighted by atomic mass is 10.0. The predicted octanol–water partition coefficient (Wildman–Crippen LogP) is 7.00. The average Bonchev–Trinajstić information content (AvgIpc) is 2.77. The fourth-order valence-corrected chi connectivity index (χ4v) is 3.75. The van der Waals surface area contributed by atoms with Gasteiger partial charge in [-0.15, -0.1) is 0 Å². The molecule has 2 N–H and O–H groups in total. The van der Waals surface area contributed by atoms with Gasteiger partial charge in [-0.3, -0.25) is 9.59 Å². The summed E-state index contributed by atoms with van der Waals surface area (Å²) >= 11 is 0. The van der Waals surface area contributed by atoms with Crippen molar-refractivity contribution in [3.05, 3.63) is 29.8 Å². The van der Waals surface area contributed by atoms with E-state index in [0.717, 1.165) is 18.1 Å². The molecule has 1 aromatic carbocycles. The molecule has 182 valence electrons. The predicted molar refractivity (Wildman–Crippen MR) is 131 cm³/mol. The Morgan fingerprint density at radius 2 is 1.25 bits per heavy atom. The summed E-state index contributed by atoms with van der Waals surface area (Å²) in [5, 5.41) is 10.9. The van der Waals surface area contributed by atoms with Gasteiger partial charge in [0, 0.05) is 5.56 Å². The summed E-state index contributed by atoms with van der Waals surface area (Å²) < 4.78 is 5.73. The van der Waals surface area contributed by atoms with E-state index in [0.29, 0.717) is 12.2 Å². The van der Waals surface area contributed by atoms with Crippen LogP contribution in [0.2, 0.25) is 0 Å². The maximum absolute atomic E-state index is 11.8. The summed E-state index contributed by atoms with van der Waals surface area (Å²) in [6.45, 7) is 4.93. The van der Waals surface area contributed by atoms with Gasteiger partial charge in [0.25, 0.3) is 5.91 Å². The van der Waals surface area contributed by atoms with Crippen molar-refractivity contribution in [3.63, 3.8) is 0 Å². The number of aliphatic carboxylic acids is 1. The Morgan fingerprint density at radius 1 is 0.781 bits per heavy atom. The topological polar surface area (TPSA) is 75.6 Å². The first-order valence-electron chi connectivity index (χ1n) is 12.7. The second-order valence-electron chi connectivity index (χ2n) is 9.23. The van der Waals surface area contributed by atoms with Crippen LogP contribution in [-0.2, 0) is 4.79 Å². The molecule has 0 spiro atoms. The number of rotatable bonds is 20. The van der Waals surface area contributed by atoms with E-state index in [1.165, 1.54) is 83.5 Å². The fourth-order valence-electron chi connectivity index (χ4n) is 3.75. The van der Waals surface area contributed by atoms with Gasteiger partial charge in [0.1, 0.15) is 12.3 Å². The van der Waals surface area contributed by atoms with Gasteiger partial charge in [0.15, 0.2) is 0 Å². The molecule has 0 saturated heterocycles. The van der Waals surface area contributed by atoms with E-state index >= 15 is 0 Å². The molecule has 5 nitrogen and oxygen atoms in total. The number of nitrogens with one attached hydrogen (secondary N) is 1. The van der Waals surface area contributed by atoms with Crippen molar-refractivity contribution in [1.82, 2.24) is 5.32 Å². The van der Waals surface area contributed by atoms with E-state index in [1.807, 2.05) is 0 Å². The average molecular weight is 448 g/mol. The number of carboxylic acids is 1. The van der Waals surface area contributed by atoms with Crippen LogP contribution in [0, 0.1) is 5.92 Å². The van der Waals surface area contributed by atoms with Crippen molar-refractivity contribution < 1.29 is 19.4 Å². The minimum Gasteiger partial charge on any atom is -0.494 e. The van der Waals surface area contributed by atoms with Crippen molar-refractivity contribution in [2.24, 2.45) is 5.92 Å². The van der Waals surface area contributed by atoms with E-state index in [9.17, 15) is 9.59 Å². The first kappa shape index (κ1) is 28.0. The molecule has 0 aliphatic carbocycles. The van der Waals surface area contributed by atoms with E-state index < -0.39 is 11.9 Å². The summed E-state index contributed by atoms with van der Waals surface area (Å²) in [6, 6.07) is 6.81. The molecular weight excluding hydrogens is 402 g/mol. The molecule has 0 unspecified atom stereocenters. The smallest absolute Gasteiger partial charge is 0.322 e. The molecule has 0 bridgehead atoms. The lowest BCUT2D eigenvalue weighted by Crippen LogP contribution is -2.29. The molecule has 1 amide bonds. The number of carboxylic acid groups (broad SMARTS) is 1. The van der Waals surface area contributed by atoms with Crippen molar-refractivity contribution in [3.8, 4) is 5.75 Å². The quantitative estimate of drug-likeness (QED) is 0.211. The molecule has 0 atom stereocenters. The third-order valence-corrected chi connectivity index (χ3v) is 5.71. The van der Waals surface area contributed by atoms with Gasteiger partial charge in [-0.25, -0.2) is 0 Å². The highest BCUT2D eigenvalue weighted by molar-refractivity contribution is 5.95. The zero-order valence-corrected chi connectivity index (χ0v) is 20.4. The molecule has 0 aromatic heterocycles. The van der Waals surface area contributed by atoms with Crippen LogP contribution in [-0.4, -0.2) is 30.1 Å². The Balaban J connectivity index is 1.90. The molecule has 0 saturated carbocycles. The molecule has 5 heteroatoms. The van der Waals surface area contributed by atoms with Crippen molar-refractivity contribution in [2.45, 2.75) is 104 Å². The van der Waals surface area contributed by atoms with Crippen LogP contribution < -0.4 is 10.1 Å². The fraction of sp³-hybridized carbons (Fsp3) is 0.704. The Hall–Kier alpha value is -2.04. The molecule has 0 heterocycles. The highest BCUT2D eigenvalue weighted by Crippen LogP contribution is 2.15. The molecule has 32 heavy (non-hydrogen) atoms. The molecule has 0 fully saturated rings. The minimum atomic E-state index is -1.06. The van der Waals surface area contributed by atoms with Gasteiger partial charge in [0.05, 0.1) is 6.61 Å². The van der Waals surface area contributed by atoms with E-state index in [-0.39, 0.29) is 6.54 Å². The van der Waals surface area contributed by atoms with E-state index in [4.69, 9.17) is 9.84 Å². The van der Waals surface area contributed by atoms with Crippen molar-refractivity contribution in [1.29, 1.82) is 0 Å². The molecule has 0 radical (unpaired) electrons. The first-order valence-corrected chi connectivity index (χ1v) is 12.7. The number of hydrogen-bond donors (Lipinski definition) is 2. The minimum absolute atomic E-state index is 0.379. The lowest BCUT2D eigenvalue weighted by Gasteiger charge is -2.07. The third kappa shape index (κ3) is 15.7. The number of unbranched alkanes of at least 4 members (excludes halogenated alkanes) is 12. The van der Waals surface area contributed by atoms with Crippen LogP contribution in [0.15, 0.2) is 24.3 Å². The van der Waals surface area contributed by atoms with Gasteiger partial charge >= 0.3 is 5.97 Å². The van der Waals surface area contributed by atoms with Crippen LogP contribution in [0.25, 0.3) is 0 Å². The Kier molecular flexibility index (Phi) is 16.2. The first-order chi connectivity index (χ1) is 15.5. The number of carbonyl (C=O) groups is 2. The third-order valence-electron chi connectivity index (χ3n) is 5.71. The lowest BCUT2D eigenvalue weighted by molar-refractivity contribution is -0.135. The molecule has 1 rings (SSSR count). The Morgan fingerprint density at radius 3 is 1.72 bits per heavy atom. The SMILES string of the molecule is CC(C)CCCCCCCCCCCCCCCOc1ccc(C(=O)NCC(=O)O)cc1. The zero-order chi connectivity index (χ0) is 23.4. The second kappa shape index (κ2) is 18.5. The zero-order valence-electron chi connectivity index (χ0n) is 20.4. The van der Waals surface area contributed by atoms with Gasteiger partial charge < -0.3 is 15.2 Å². The monoisotopic (exact) mass is 447 g/mol. The number of benzene rings is 1. The van der Waals surface area contributed by atoms with Gasteiger partial charge in [0.2, 0.25) is 0 Å². The highest BCUT2D eigenvalue weighted by Gasteiger charge is 2.07. The molecular formula is C27H45NO4. The summed E-state index contributed by atoms with van der Waals surface area (Å²) in [5.74, 6) is 0.141. The van der Waals surface area contributed by atoms with Crippen LogP contribution in [0.3, 0.4) is 0 Å². The number of carbonyl (C=O) groups excluding carboxylic acids is 1. The Labute approximate surface area is 195 Å². The molecule has 0 aliphatic rings. The van der Waals surface area contributed by atoms with Crippen molar-refractivity contribution >= 4 is 11.9 Å². The van der Waals surface area contributed by atoms with E-state index in [1.54, 1.807) is 24.3 Å². The van der Waals surface area contributed by atoms with Gasteiger partial charge in [-0.05, 0) is 36.6 Å². The number of amides is 1. The summed E-state index contributed by atoms with van der Waals surface area (Å²) in [4.78, 5) is 22.3. The summed E-state index contributed by atoms with van der Waals surface area (Å²) in [5.41, 5.74) is 0.431. The van der Waals surface area contributed by atoms with Gasteiger partial charge in [-0.2, -0.15) is 0 Å². The van der Waals surface area contributed by atoms with E-state index in [2.05, 4.69) is 19.2 Å². The van der Waals surface area contributed by atoms with Gasteiger partial charge in [-0.1, -0.05) is 97.3 Å².